The number of carbonyl (C=O) groups excluding carboxylic acids is 1. The first-order chi connectivity index (χ1) is 11.6. The van der Waals surface area contributed by atoms with Gasteiger partial charge in [-0.2, -0.15) is 11.8 Å². The van der Waals surface area contributed by atoms with Crippen LogP contribution in [0.2, 0.25) is 0 Å². The van der Waals surface area contributed by atoms with E-state index in [0.29, 0.717) is 17.2 Å². The molecule has 3 rings (SSSR count). The van der Waals surface area contributed by atoms with Gasteiger partial charge in [-0.25, -0.2) is 4.79 Å². The molecule has 0 saturated heterocycles. The van der Waals surface area contributed by atoms with Crippen molar-refractivity contribution in [1.82, 2.24) is 0 Å². The van der Waals surface area contributed by atoms with Gasteiger partial charge in [0.05, 0.1) is 0 Å². The first-order valence-corrected chi connectivity index (χ1v) is 8.92. The first kappa shape index (κ1) is 16.5. The number of rotatable bonds is 5. The maximum atomic E-state index is 12.3. The molecule has 1 heterocycles. The van der Waals surface area contributed by atoms with E-state index in [9.17, 15) is 4.79 Å². The first-order valence-electron chi connectivity index (χ1n) is 7.77. The van der Waals surface area contributed by atoms with Crippen molar-refractivity contribution in [2.75, 3.05) is 5.75 Å². The minimum atomic E-state index is -0.897. The summed E-state index contributed by atoms with van der Waals surface area (Å²) in [7, 11) is 0. The molecule has 0 aliphatic carbocycles. The second-order valence-corrected chi connectivity index (χ2v) is 6.88. The van der Waals surface area contributed by atoms with Gasteiger partial charge in [-0.15, -0.1) is 0 Å². The van der Waals surface area contributed by atoms with Crippen LogP contribution in [0.15, 0.2) is 78.0 Å². The molecule has 3 nitrogen and oxygen atoms in total. The fraction of sp³-hybridized carbons (Fsp3) is 0.200. The third-order valence-corrected chi connectivity index (χ3v) is 5.12. The van der Waals surface area contributed by atoms with Gasteiger partial charge in [0.2, 0.25) is 0 Å². The second-order valence-electron chi connectivity index (χ2n) is 5.89. The fourth-order valence-electron chi connectivity index (χ4n) is 2.48. The fourth-order valence-corrected chi connectivity index (χ4v) is 3.59. The number of hydrogen-bond donors (Lipinski definition) is 0. The molecule has 0 amide bonds. The zero-order valence-electron chi connectivity index (χ0n) is 13.6. The Labute approximate surface area is 146 Å². The quantitative estimate of drug-likeness (QED) is 0.766. The molecule has 0 spiro atoms. The third kappa shape index (κ3) is 3.60. The predicted octanol–water partition coefficient (Wildman–Crippen LogP) is 4.24. The van der Waals surface area contributed by atoms with Crippen LogP contribution in [-0.4, -0.2) is 23.0 Å². The Morgan fingerprint density at radius 1 is 1.08 bits per heavy atom. The molecular formula is C20H19NO2S. The monoisotopic (exact) mass is 337 g/mol. The highest BCUT2D eigenvalue weighted by atomic mass is 32.2. The topological polar surface area (TPSA) is 38.7 Å². The average molecular weight is 337 g/mol. The van der Waals surface area contributed by atoms with Crippen LogP contribution >= 0.6 is 11.8 Å². The number of aliphatic imine (C=N–C) groups is 1. The van der Waals surface area contributed by atoms with Gasteiger partial charge in [-0.1, -0.05) is 67.2 Å². The van der Waals surface area contributed by atoms with Crippen LogP contribution in [0.3, 0.4) is 0 Å². The van der Waals surface area contributed by atoms with E-state index in [2.05, 4.69) is 18.7 Å². The van der Waals surface area contributed by atoms with Crippen LogP contribution in [0.25, 0.3) is 0 Å². The van der Waals surface area contributed by atoms with Gasteiger partial charge in [0.1, 0.15) is 11.5 Å². The number of cyclic esters (lactones) is 1. The minimum Gasteiger partial charge on any atom is -0.423 e. The number of esters is 1. The van der Waals surface area contributed by atoms with Gasteiger partial charge < -0.3 is 4.74 Å². The van der Waals surface area contributed by atoms with Crippen molar-refractivity contribution in [2.24, 2.45) is 4.99 Å². The van der Waals surface area contributed by atoms with Crippen molar-refractivity contribution in [3.8, 4) is 0 Å². The van der Waals surface area contributed by atoms with E-state index in [1.54, 1.807) is 11.8 Å². The van der Waals surface area contributed by atoms with Crippen LogP contribution in [-0.2, 0) is 15.3 Å². The molecule has 0 unspecified atom stereocenters. The van der Waals surface area contributed by atoms with Gasteiger partial charge in [-0.05, 0) is 12.5 Å². The summed E-state index contributed by atoms with van der Waals surface area (Å²) in [5.74, 6) is 1.37. The summed E-state index contributed by atoms with van der Waals surface area (Å²) in [4.78, 5) is 17.0. The molecule has 2 aromatic carbocycles. The number of nitrogens with zero attached hydrogens (tertiary/aromatic N) is 1. The Balaban J connectivity index is 1.78. The molecule has 4 heteroatoms. The number of allylic oxidation sites excluding steroid dienone is 1. The molecule has 1 aliphatic heterocycles. The van der Waals surface area contributed by atoms with E-state index in [4.69, 9.17) is 9.73 Å². The molecule has 0 saturated carbocycles. The van der Waals surface area contributed by atoms with Crippen LogP contribution in [0, 0.1) is 0 Å². The van der Waals surface area contributed by atoms with E-state index >= 15 is 0 Å². The van der Waals surface area contributed by atoms with Crippen molar-refractivity contribution < 1.29 is 9.53 Å². The summed E-state index contributed by atoms with van der Waals surface area (Å²) < 4.78 is 5.39. The number of carbonyl (C=O) groups is 1. The lowest BCUT2D eigenvalue weighted by molar-refractivity contribution is -0.144. The summed E-state index contributed by atoms with van der Waals surface area (Å²) in [6.45, 7) is 5.66. The molecule has 122 valence electrons. The zero-order chi connectivity index (χ0) is 17.0. The summed E-state index contributed by atoms with van der Waals surface area (Å²) in [5.41, 5.74) is 1.89. The molecular weight excluding hydrogens is 318 g/mol. The number of benzene rings is 2. The second kappa shape index (κ2) is 7.05. The van der Waals surface area contributed by atoms with Crippen LogP contribution in [0.1, 0.15) is 18.1 Å². The number of thioether (sulfide) groups is 1. The van der Waals surface area contributed by atoms with Crippen molar-refractivity contribution in [2.45, 2.75) is 18.2 Å². The van der Waals surface area contributed by atoms with Crippen molar-refractivity contribution in [3.63, 3.8) is 0 Å². The number of hydrogen-bond acceptors (Lipinski definition) is 4. The van der Waals surface area contributed by atoms with Crippen LogP contribution in [0.5, 0.6) is 0 Å². The van der Waals surface area contributed by atoms with Gasteiger partial charge in [0, 0.05) is 17.1 Å². The summed E-state index contributed by atoms with van der Waals surface area (Å²) in [6.07, 6.45) is 0. The van der Waals surface area contributed by atoms with Crippen molar-refractivity contribution in [1.29, 1.82) is 0 Å². The number of ether oxygens (including phenoxy) is 1. The van der Waals surface area contributed by atoms with Gasteiger partial charge >= 0.3 is 5.97 Å². The largest absolute Gasteiger partial charge is 0.423 e. The lowest BCUT2D eigenvalue weighted by Crippen LogP contribution is -2.43. The van der Waals surface area contributed by atoms with Gasteiger partial charge in [-0.3, -0.25) is 4.99 Å². The highest BCUT2D eigenvalue weighted by molar-refractivity contribution is 7.98. The molecule has 2 aromatic rings. The van der Waals surface area contributed by atoms with E-state index in [1.807, 2.05) is 55.5 Å². The van der Waals surface area contributed by atoms with E-state index in [1.165, 1.54) is 5.56 Å². The van der Waals surface area contributed by atoms with Crippen molar-refractivity contribution >= 4 is 23.4 Å². The summed E-state index contributed by atoms with van der Waals surface area (Å²) in [6, 6.07) is 19.9. The Morgan fingerprint density at radius 2 is 1.71 bits per heavy atom. The van der Waals surface area contributed by atoms with Crippen LogP contribution < -0.4 is 0 Å². The summed E-state index contributed by atoms with van der Waals surface area (Å²) >= 11 is 1.68. The minimum absolute atomic E-state index is 0.316. The third-order valence-electron chi connectivity index (χ3n) is 3.82. The SMILES string of the molecule is C=C1OC(=O)[C@](C)(CSCc2ccccc2)N=C1c1ccccc1. The molecule has 0 bridgehead atoms. The predicted molar refractivity (Wildman–Crippen MR) is 99.2 cm³/mol. The zero-order valence-corrected chi connectivity index (χ0v) is 14.4. The molecule has 1 aliphatic rings. The summed E-state index contributed by atoms with van der Waals surface area (Å²) in [5, 5.41) is 0. The highest BCUT2D eigenvalue weighted by Crippen LogP contribution is 2.29. The van der Waals surface area contributed by atoms with E-state index in [-0.39, 0.29) is 5.97 Å². The van der Waals surface area contributed by atoms with E-state index < -0.39 is 5.54 Å². The molecule has 1 atom stereocenters. The van der Waals surface area contributed by atoms with Gasteiger partial charge in [0.15, 0.2) is 5.54 Å². The molecule has 0 radical (unpaired) electrons. The molecule has 0 N–H and O–H groups in total. The Kier molecular flexibility index (Phi) is 4.86. The Hall–Kier alpha value is -2.33. The molecule has 24 heavy (non-hydrogen) atoms. The molecule has 0 fully saturated rings. The maximum absolute atomic E-state index is 12.3. The Morgan fingerprint density at radius 3 is 2.38 bits per heavy atom. The normalized spacial score (nSPS) is 20.5. The van der Waals surface area contributed by atoms with Crippen LogP contribution in [0.4, 0.5) is 0 Å². The van der Waals surface area contributed by atoms with E-state index in [0.717, 1.165) is 11.3 Å². The maximum Gasteiger partial charge on any atom is 0.340 e. The van der Waals surface area contributed by atoms with Crippen molar-refractivity contribution in [3.05, 3.63) is 84.1 Å². The highest BCUT2D eigenvalue weighted by Gasteiger charge is 2.40. The smallest absolute Gasteiger partial charge is 0.340 e. The lowest BCUT2D eigenvalue weighted by Gasteiger charge is -2.29. The standard InChI is InChI=1S/C20H19NO2S/c1-15-18(17-11-7-4-8-12-17)21-20(2,19(22)23-15)14-24-13-16-9-5-3-6-10-16/h3-12H,1,13-14H2,2H3/t20-/m0/s1. The average Bonchev–Trinajstić information content (AvgIpc) is 2.60. The lowest BCUT2D eigenvalue weighted by atomic mass is 10.0. The van der Waals surface area contributed by atoms with Gasteiger partial charge in [0.25, 0.3) is 0 Å². The Bertz CT molecular complexity index is 771. The molecule has 0 aromatic heterocycles.